The molecule has 0 heterocycles. The molecule has 0 saturated heterocycles. The molecule has 2 rings (SSSR count). The zero-order valence-electron chi connectivity index (χ0n) is 23.1. The van der Waals surface area contributed by atoms with E-state index in [1.165, 1.54) is 70.6 Å². The van der Waals surface area contributed by atoms with Gasteiger partial charge in [0.2, 0.25) is 0 Å². The highest BCUT2D eigenvalue weighted by Gasteiger charge is 2.09. The van der Waals surface area contributed by atoms with Crippen LogP contribution in [0, 0.1) is 5.92 Å². The van der Waals surface area contributed by atoms with Crippen molar-refractivity contribution in [1.29, 1.82) is 0 Å². The smallest absolute Gasteiger partial charge is 0.162 e. The van der Waals surface area contributed by atoms with Gasteiger partial charge >= 0.3 is 0 Å². The van der Waals surface area contributed by atoms with Crippen LogP contribution in [0.5, 0.6) is 5.75 Å². The molecule has 0 aliphatic rings. The summed E-state index contributed by atoms with van der Waals surface area (Å²) in [5.41, 5.74) is 2.91. The summed E-state index contributed by atoms with van der Waals surface area (Å²) < 4.78 is 5.92. The molecule has 0 aliphatic heterocycles. The van der Waals surface area contributed by atoms with Crippen molar-refractivity contribution in [2.75, 3.05) is 6.61 Å². The molecule has 0 radical (unpaired) electrons. The van der Waals surface area contributed by atoms with Gasteiger partial charge in [0.1, 0.15) is 5.75 Å². The highest BCUT2D eigenvalue weighted by atomic mass is 35.5. The van der Waals surface area contributed by atoms with Gasteiger partial charge < -0.3 is 4.74 Å². The lowest BCUT2D eigenvalue weighted by molar-refractivity contribution is 0.0979. The summed E-state index contributed by atoms with van der Waals surface area (Å²) in [6.07, 6.45) is 18.2. The molecule has 2 aromatic rings. The Labute approximate surface area is 226 Å². The summed E-state index contributed by atoms with van der Waals surface area (Å²) in [7, 11) is 0. The maximum atomic E-state index is 12.6. The van der Waals surface area contributed by atoms with Gasteiger partial charge in [-0.3, -0.25) is 4.79 Å². The number of benzene rings is 2. The van der Waals surface area contributed by atoms with Gasteiger partial charge in [0.15, 0.2) is 5.78 Å². The molecule has 0 spiro atoms. The van der Waals surface area contributed by atoms with Crippen molar-refractivity contribution >= 4 is 17.4 Å². The van der Waals surface area contributed by atoms with E-state index in [9.17, 15) is 4.79 Å². The first kappa shape index (κ1) is 30.4. The highest BCUT2D eigenvalue weighted by molar-refractivity contribution is 6.32. The quantitative estimate of drug-likeness (QED) is 0.130. The number of unbranched alkanes of at least 4 members (excludes halogenated alkanes) is 10. The number of ether oxygens (including phenoxy) is 1. The molecule has 2 nitrogen and oxygen atoms in total. The van der Waals surface area contributed by atoms with E-state index in [4.69, 9.17) is 16.3 Å². The molecule has 0 amide bonds. The third-order valence-corrected chi connectivity index (χ3v) is 7.57. The minimum atomic E-state index is 0.246. The SMILES string of the molecule is CCCCCCCCCCCC(=O)c1ccc(-c2ccc(OCCCCCC(C)CC)c(Cl)c2)cc1. The Morgan fingerprint density at radius 3 is 2.03 bits per heavy atom. The lowest BCUT2D eigenvalue weighted by Gasteiger charge is -2.11. The van der Waals surface area contributed by atoms with Crippen LogP contribution in [-0.4, -0.2) is 12.4 Å². The van der Waals surface area contributed by atoms with Gasteiger partial charge in [-0.05, 0) is 42.0 Å². The first-order chi connectivity index (χ1) is 17.5. The summed E-state index contributed by atoms with van der Waals surface area (Å²) in [4.78, 5) is 12.6. The number of hydrogen-bond acceptors (Lipinski definition) is 2. The molecule has 3 heteroatoms. The Balaban J connectivity index is 1.71. The van der Waals surface area contributed by atoms with Crippen molar-refractivity contribution in [2.24, 2.45) is 5.92 Å². The number of hydrogen-bond donors (Lipinski definition) is 0. The lowest BCUT2D eigenvalue weighted by atomic mass is 9.99. The van der Waals surface area contributed by atoms with Crippen LogP contribution in [0.25, 0.3) is 11.1 Å². The van der Waals surface area contributed by atoms with Gasteiger partial charge in [-0.2, -0.15) is 0 Å². The van der Waals surface area contributed by atoms with Crippen molar-refractivity contribution in [1.82, 2.24) is 0 Å². The fourth-order valence-electron chi connectivity index (χ4n) is 4.54. The predicted octanol–water partition coefficient (Wildman–Crippen LogP) is 11.1. The number of halogens is 1. The Bertz CT molecular complexity index is 858. The van der Waals surface area contributed by atoms with Crippen LogP contribution in [0.15, 0.2) is 42.5 Å². The second-order valence-corrected chi connectivity index (χ2v) is 10.8. The normalized spacial score (nSPS) is 12.0. The molecule has 2 aromatic carbocycles. The summed E-state index contributed by atoms with van der Waals surface area (Å²) >= 11 is 6.51. The van der Waals surface area contributed by atoms with Crippen molar-refractivity contribution in [2.45, 2.75) is 117 Å². The molecule has 0 aromatic heterocycles. The van der Waals surface area contributed by atoms with Crippen LogP contribution in [0.3, 0.4) is 0 Å². The van der Waals surface area contributed by atoms with E-state index in [0.717, 1.165) is 47.6 Å². The molecule has 1 unspecified atom stereocenters. The second-order valence-electron chi connectivity index (χ2n) is 10.4. The minimum Gasteiger partial charge on any atom is -0.492 e. The Morgan fingerprint density at radius 1 is 0.778 bits per heavy atom. The van der Waals surface area contributed by atoms with Crippen LogP contribution in [-0.2, 0) is 0 Å². The third kappa shape index (κ3) is 12.0. The highest BCUT2D eigenvalue weighted by Crippen LogP contribution is 2.31. The molecular weight excluding hydrogens is 464 g/mol. The topological polar surface area (TPSA) is 26.3 Å². The molecule has 0 N–H and O–H groups in total. The molecule has 0 fully saturated rings. The molecule has 1 atom stereocenters. The number of carbonyl (C=O) groups excluding carboxylic acids is 1. The summed E-state index contributed by atoms with van der Waals surface area (Å²) in [5.74, 6) is 1.81. The standard InChI is InChI=1S/C33H49ClO2/c1-4-6-7-8-9-10-11-12-15-18-32(35)29-21-19-28(20-22-29)30-23-24-33(31(34)26-30)36-25-16-13-14-17-27(3)5-2/h19-24,26-27H,4-18,25H2,1-3H3. The number of rotatable bonds is 20. The van der Waals surface area contributed by atoms with E-state index in [-0.39, 0.29) is 5.78 Å². The monoisotopic (exact) mass is 512 g/mol. The third-order valence-electron chi connectivity index (χ3n) is 7.28. The first-order valence-electron chi connectivity index (χ1n) is 14.6. The van der Waals surface area contributed by atoms with Crippen LogP contribution in [0.4, 0.5) is 0 Å². The fraction of sp³-hybridized carbons (Fsp3) is 0.606. The molecule has 0 saturated carbocycles. The van der Waals surface area contributed by atoms with E-state index in [0.29, 0.717) is 18.1 Å². The average Bonchev–Trinajstić information content (AvgIpc) is 2.90. The maximum absolute atomic E-state index is 12.6. The van der Waals surface area contributed by atoms with Gasteiger partial charge in [0.05, 0.1) is 11.6 Å². The first-order valence-corrected chi connectivity index (χ1v) is 15.0. The van der Waals surface area contributed by atoms with Crippen molar-refractivity contribution in [3.63, 3.8) is 0 Å². The van der Waals surface area contributed by atoms with Crippen molar-refractivity contribution in [3.05, 3.63) is 53.1 Å². The van der Waals surface area contributed by atoms with E-state index in [2.05, 4.69) is 20.8 Å². The van der Waals surface area contributed by atoms with Gasteiger partial charge in [-0.25, -0.2) is 0 Å². The second kappa shape index (κ2) is 18.4. The summed E-state index contributed by atoms with van der Waals surface area (Å²) in [6.45, 7) is 7.54. The number of carbonyl (C=O) groups is 1. The molecule has 200 valence electrons. The van der Waals surface area contributed by atoms with Gasteiger partial charge in [-0.15, -0.1) is 0 Å². The molecule has 36 heavy (non-hydrogen) atoms. The van der Waals surface area contributed by atoms with Crippen LogP contribution in [0.2, 0.25) is 5.02 Å². The minimum absolute atomic E-state index is 0.246. The number of ketones is 1. The summed E-state index contributed by atoms with van der Waals surface area (Å²) in [6, 6.07) is 13.9. The van der Waals surface area contributed by atoms with Crippen LogP contribution < -0.4 is 4.74 Å². The average molecular weight is 513 g/mol. The van der Waals surface area contributed by atoms with Gasteiger partial charge in [0.25, 0.3) is 0 Å². The van der Waals surface area contributed by atoms with Gasteiger partial charge in [0, 0.05) is 12.0 Å². The summed E-state index contributed by atoms with van der Waals surface area (Å²) in [5, 5.41) is 0.637. The Morgan fingerprint density at radius 2 is 1.39 bits per heavy atom. The molecule has 0 aliphatic carbocycles. The Hall–Kier alpha value is -1.80. The predicted molar refractivity (Wildman–Crippen MR) is 156 cm³/mol. The van der Waals surface area contributed by atoms with Crippen LogP contribution in [0.1, 0.15) is 127 Å². The maximum Gasteiger partial charge on any atom is 0.162 e. The van der Waals surface area contributed by atoms with Crippen LogP contribution >= 0.6 is 11.6 Å². The zero-order chi connectivity index (χ0) is 26.0. The fourth-order valence-corrected chi connectivity index (χ4v) is 4.78. The number of Topliss-reactive ketones (excluding diaryl/α,β-unsaturated/α-hetero) is 1. The van der Waals surface area contributed by atoms with E-state index < -0.39 is 0 Å². The zero-order valence-corrected chi connectivity index (χ0v) is 23.9. The van der Waals surface area contributed by atoms with E-state index >= 15 is 0 Å². The lowest BCUT2D eigenvalue weighted by Crippen LogP contribution is -1.99. The molecule has 0 bridgehead atoms. The van der Waals surface area contributed by atoms with Crippen molar-refractivity contribution in [3.8, 4) is 16.9 Å². The van der Waals surface area contributed by atoms with E-state index in [1.807, 2.05) is 42.5 Å². The van der Waals surface area contributed by atoms with Gasteiger partial charge in [-0.1, -0.05) is 140 Å². The largest absolute Gasteiger partial charge is 0.492 e. The van der Waals surface area contributed by atoms with E-state index in [1.54, 1.807) is 0 Å². The Kier molecular flexibility index (Phi) is 15.6. The molecular formula is C33H49ClO2. The van der Waals surface area contributed by atoms with Crippen molar-refractivity contribution < 1.29 is 9.53 Å².